The van der Waals surface area contributed by atoms with Crippen LogP contribution in [0.5, 0.6) is 11.5 Å². The van der Waals surface area contributed by atoms with E-state index in [1.165, 1.54) is 6.21 Å². The summed E-state index contributed by atoms with van der Waals surface area (Å²) < 4.78 is 10.9. The number of nitrogens with zero attached hydrogens (tertiary/aromatic N) is 1. The number of benzene rings is 2. The third-order valence-corrected chi connectivity index (χ3v) is 3.28. The highest BCUT2D eigenvalue weighted by molar-refractivity contribution is 5.91. The molecule has 6 nitrogen and oxygen atoms in total. The molecule has 126 valence electrons. The number of hydrogen-bond donors (Lipinski definition) is 2. The molecule has 0 fully saturated rings. The summed E-state index contributed by atoms with van der Waals surface area (Å²) in [6, 6.07) is 12.6. The van der Waals surface area contributed by atoms with Crippen molar-refractivity contribution in [2.75, 3.05) is 19.0 Å². The van der Waals surface area contributed by atoms with Crippen LogP contribution in [0.1, 0.15) is 18.1 Å². The Morgan fingerprint density at radius 1 is 1.21 bits per heavy atom. The van der Waals surface area contributed by atoms with E-state index in [9.17, 15) is 4.79 Å². The summed E-state index contributed by atoms with van der Waals surface area (Å²) in [5.74, 6) is 1.21. The number of hydrazone groups is 1. The first-order chi connectivity index (χ1) is 11.7. The SMILES string of the molecule is CCOc1c(/C=N\NC(=O)Nc2ccccc2C)cccc1OC. The molecule has 0 heterocycles. The van der Waals surface area contributed by atoms with Crippen LogP contribution < -0.4 is 20.2 Å². The standard InChI is InChI=1S/C18H21N3O3/c1-4-24-17-14(9-7-11-16(17)23-3)12-19-21-18(22)20-15-10-6-5-8-13(15)2/h5-12H,4H2,1-3H3,(H2,20,21,22)/b19-12-. The molecule has 0 unspecified atom stereocenters. The molecule has 2 aromatic carbocycles. The van der Waals surface area contributed by atoms with E-state index in [0.717, 1.165) is 11.3 Å². The summed E-state index contributed by atoms with van der Waals surface area (Å²) >= 11 is 0. The lowest BCUT2D eigenvalue weighted by molar-refractivity contribution is 0.252. The van der Waals surface area contributed by atoms with Crippen LogP contribution >= 0.6 is 0 Å². The van der Waals surface area contributed by atoms with Gasteiger partial charge in [-0.05, 0) is 37.6 Å². The van der Waals surface area contributed by atoms with Crippen molar-refractivity contribution in [3.05, 3.63) is 53.6 Å². The molecule has 0 atom stereocenters. The van der Waals surface area contributed by atoms with E-state index in [-0.39, 0.29) is 0 Å². The zero-order valence-corrected chi connectivity index (χ0v) is 14.0. The summed E-state index contributed by atoms with van der Waals surface area (Å²) in [5.41, 5.74) is 4.86. The van der Waals surface area contributed by atoms with Gasteiger partial charge in [0, 0.05) is 11.3 Å². The van der Waals surface area contributed by atoms with Gasteiger partial charge in [0.1, 0.15) is 0 Å². The first kappa shape index (κ1) is 17.3. The van der Waals surface area contributed by atoms with E-state index >= 15 is 0 Å². The maximum Gasteiger partial charge on any atom is 0.339 e. The summed E-state index contributed by atoms with van der Waals surface area (Å²) in [6.45, 7) is 4.31. The monoisotopic (exact) mass is 327 g/mol. The number of amides is 2. The second-order valence-corrected chi connectivity index (χ2v) is 4.95. The van der Waals surface area contributed by atoms with Gasteiger partial charge in [0.25, 0.3) is 0 Å². The number of aryl methyl sites for hydroxylation is 1. The minimum absolute atomic E-state index is 0.415. The van der Waals surface area contributed by atoms with Gasteiger partial charge in [0.15, 0.2) is 11.5 Å². The van der Waals surface area contributed by atoms with E-state index in [1.807, 2.05) is 50.2 Å². The minimum Gasteiger partial charge on any atom is -0.493 e. The summed E-state index contributed by atoms with van der Waals surface area (Å²) in [5, 5.41) is 6.70. The van der Waals surface area contributed by atoms with Gasteiger partial charge in [0.05, 0.1) is 19.9 Å². The van der Waals surface area contributed by atoms with Crippen molar-refractivity contribution in [2.45, 2.75) is 13.8 Å². The van der Waals surface area contributed by atoms with Crippen molar-refractivity contribution in [1.82, 2.24) is 5.43 Å². The van der Waals surface area contributed by atoms with Gasteiger partial charge in [-0.15, -0.1) is 0 Å². The van der Waals surface area contributed by atoms with Crippen molar-refractivity contribution < 1.29 is 14.3 Å². The van der Waals surface area contributed by atoms with Crippen molar-refractivity contribution in [2.24, 2.45) is 5.10 Å². The Kier molecular flexibility index (Phi) is 6.19. The molecule has 24 heavy (non-hydrogen) atoms. The molecular weight excluding hydrogens is 306 g/mol. The van der Waals surface area contributed by atoms with E-state index in [0.29, 0.717) is 23.7 Å². The Bertz CT molecular complexity index is 729. The van der Waals surface area contributed by atoms with Crippen LogP contribution in [-0.4, -0.2) is 26.0 Å². The Hall–Kier alpha value is -3.02. The Morgan fingerprint density at radius 3 is 2.71 bits per heavy atom. The highest BCUT2D eigenvalue weighted by Crippen LogP contribution is 2.29. The average molecular weight is 327 g/mol. The predicted molar refractivity (Wildman–Crippen MR) is 95.1 cm³/mol. The number of para-hydroxylation sites is 2. The van der Waals surface area contributed by atoms with E-state index in [1.54, 1.807) is 13.2 Å². The lowest BCUT2D eigenvalue weighted by atomic mass is 10.2. The number of nitrogens with one attached hydrogen (secondary N) is 2. The van der Waals surface area contributed by atoms with Gasteiger partial charge in [-0.2, -0.15) is 5.10 Å². The van der Waals surface area contributed by atoms with Crippen LogP contribution in [0.25, 0.3) is 0 Å². The Balaban J connectivity index is 2.04. The number of rotatable bonds is 6. The van der Waals surface area contributed by atoms with Crippen LogP contribution in [0.4, 0.5) is 10.5 Å². The van der Waals surface area contributed by atoms with E-state index in [4.69, 9.17) is 9.47 Å². The van der Waals surface area contributed by atoms with Gasteiger partial charge < -0.3 is 14.8 Å². The normalized spacial score (nSPS) is 10.5. The van der Waals surface area contributed by atoms with Crippen molar-refractivity contribution in [3.63, 3.8) is 0 Å². The topological polar surface area (TPSA) is 72.0 Å². The number of ether oxygens (including phenoxy) is 2. The molecular formula is C18H21N3O3. The maximum atomic E-state index is 11.9. The van der Waals surface area contributed by atoms with E-state index < -0.39 is 6.03 Å². The average Bonchev–Trinajstić information content (AvgIpc) is 2.58. The number of hydrogen-bond acceptors (Lipinski definition) is 4. The molecule has 0 aliphatic rings. The molecule has 2 N–H and O–H groups in total. The lowest BCUT2D eigenvalue weighted by Crippen LogP contribution is -2.24. The first-order valence-electron chi connectivity index (χ1n) is 7.61. The van der Waals surface area contributed by atoms with Crippen LogP contribution in [0.3, 0.4) is 0 Å². The molecule has 0 radical (unpaired) electrons. The summed E-state index contributed by atoms with van der Waals surface area (Å²) in [4.78, 5) is 11.9. The second kappa shape index (κ2) is 8.57. The van der Waals surface area contributed by atoms with Crippen LogP contribution in [-0.2, 0) is 0 Å². The molecule has 0 bridgehead atoms. The summed E-state index contributed by atoms with van der Waals surface area (Å²) in [7, 11) is 1.58. The quantitative estimate of drug-likeness (QED) is 0.629. The number of methoxy groups -OCH3 is 1. The molecule has 0 aliphatic carbocycles. The molecule has 6 heteroatoms. The minimum atomic E-state index is -0.415. The van der Waals surface area contributed by atoms with Gasteiger partial charge >= 0.3 is 6.03 Å². The third kappa shape index (κ3) is 4.49. The molecule has 0 aliphatic heterocycles. The predicted octanol–water partition coefficient (Wildman–Crippen LogP) is 3.56. The second-order valence-electron chi connectivity index (χ2n) is 4.95. The van der Waals surface area contributed by atoms with Gasteiger partial charge in [0.2, 0.25) is 0 Å². The van der Waals surface area contributed by atoms with Crippen LogP contribution in [0.2, 0.25) is 0 Å². The number of anilines is 1. The fraction of sp³-hybridized carbons (Fsp3) is 0.222. The number of carbonyl (C=O) groups excluding carboxylic acids is 1. The molecule has 0 spiro atoms. The zero-order valence-electron chi connectivity index (χ0n) is 14.0. The van der Waals surface area contributed by atoms with Gasteiger partial charge in [-0.1, -0.05) is 24.3 Å². The van der Waals surface area contributed by atoms with Gasteiger partial charge in [-0.3, -0.25) is 0 Å². The lowest BCUT2D eigenvalue weighted by Gasteiger charge is -2.11. The van der Waals surface area contributed by atoms with Crippen LogP contribution in [0, 0.1) is 6.92 Å². The van der Waals surface area contributed by atoms with E-state index in [2.05, 4.69) is 15.8 Å². The fourth-order valence-electron chi connectivity index (χ4n) is 2.12. The highest BCUT2D eigenvalue weighted by atomic mass is 16.5. The molecule has 0 saturated heterocycles. The summed E-state index contributed by atoms with van der Waals surface area (Å²) in [6.07, 6.45) is 1.52. The van der Waals surface area contributed by atoms with Crippen molar-refractivity contribution >= 4 is 17.9 Å². The molecule has 0 aromatic heterocycles. The molecule has 0 saturated carbocycles. The number of carbonyl (C=O) groups is 1. The Labute approximate surface area is 141 Å². The molecule has 2 amide bonds. The first-order valence-corrected chi connectivity index (χ1v) is 7.61. The van der Waals surface area contributed by atoms with Crippen LogP contribution in [0.15, 0.2) is 47.6 Å². The number of urea groups is 1. The third-order valence-electron chi connectivity index (χ3n) is 3.28. The maximum absolute atomic E-state index is 11.9. The molecule has 2 aromatic rings. The smallest absolute Gasteiger partial charge is 0.339 e. The van der Waals surface area contributed by atoms with Crippen molar-refractivity contribution in [1.29, 1.82) is 0 Å². The zero-order chi connectivity index (χ0) is 17.4. The molecule has 2 rings (SSSR count). The Morgan fingerprint density at radius 2 is 2.00 bits per heavy atom. The largest absolute Gasteiger partial charge is 0.493 e. The highest BCUT2D eigenvalue weighted by Gasteiger charge is 2.08. The fourth-order valence-corrected chi connectivity index (χ4v) is 2.12. The van der Waals surface area contributed by atoms with Crippen molar-refractivity contribution in [3.8, 4) is 11.5 Å². The van der Waals surface area contributed by atoms with Gasteiger partial charge in [-0.25, -0.2) is 10.2 Å².